The van der Waals surface area contributed by atoms with Gasteiger partial charge in [0.05, 0.1) is 0 Å². The van der Waals surface area contributed by atoms with Crippen LogP contribution in [0, 0.1) is 0 Å². The highest BCUT2D eigenvalue weighted by molar-refractivity contribution is 5.70. The molecule has 0 aromatic heterocycles. The summed E-state index contributed by atoms with van der Waals surface area (Å²) in [5.41, 5.74) is 6.75. The molecule has 0 saturated heterocycles. The van der Waals surface area contributed by atoms with Crippen molar-refractivity contribution in [2.75, 3.05) is 24.5 Å². The van der Waals surface area contributed by atoms with E-state index in [1.54, 1.807) is 16.8 Å². The molecule has 4 rings (SSSR count). The number of nitrogens with one attached hydrogen (secondary N) is 1. The molecule has 2 nitrogen and oxygen atoms in total. The number of hydrogen-bond donors (Lipinski definition) is 1. The Labute approximate surface area is 109 Å². The Kier molecular flexibility index (Phi) is 2.12. The normalized spacial score (nSPS) is 24.9. The lowest BCUT2D eigenvalue weighted by Gasteiger charge is -2.22. The number of hydrogen-bond acceptors (Lipinski definition) is 2. The molecule has 18 heavy (non-hydrogen) atoms. The topological polar surface area (TPSA) is 15.3 Å². The molecule has 1 saturated carbocycles. The van der Waals surface area contributed by atoms with E-state index in [4.69, 9.17) is 0 Å². The third kappa shape index (κ3) is 1.45. The molecule has 2 aliphatic heterocycles. The Morgan fingerprint density at radius 3 is 2.89 bits per heavy atom. The summed E-state index contributed by atoms with van der Waals surface area (Å²) in [5, 5.41) is 3.54. The SMILES string of the molecule is CC1(C)CN2CCNCc3ccc(C4CC4)c1c32. The van der Waals surface area contributed by atoms with Crippen LogP contribution in [0.15, 0.2) is 12.1 Å². The van der Waals surface area contributed by atoms with Gasteiger partial charge in [0.2, 0.25) is 0 Å². The summed E-state index contributed by atoms with van der Waals surface area (Å²) in [5.74, 6) is 0.862. The second-order valence-electron chi connectivity index (χ2n) is 6.79. The Hall–Kier alpha value is -1.02. The molecule has 0 amide bonds. The van der Waals surface area contributed by atoms with Gasteiger partial charge in [0.25, 0.3) is 0 Å². The van der Waals surface area contributed by atoms with Gasteiger partial charge in [-0.3, -0.25) is 0 Å². The van der Waals surface area contributed by atoms with E-state index in [2.05, 4.69) is 36.2 Å². The molecule has 0 atom stereocenters. The van der Waals surface area contributed by atoms with Gasteiger partial charge >= 0.3 is 0 Å². The van der Waals surface area contributed by atoms with E-state index in [-0.39, 0.29) is 0 Å². The maximum absolute atomic E-state index is 3.54. The first-order chi connectivity index (χ1) is 8.67. The van der Waals surface area contributed by atoms with E-state index >= 15 is 0 Å². The lowest BCUT2D eigenvalue weighted by molar-refractivity contribution is 0.541. The van der Waals surface area contributed by atoms with Crippen LogP contribution in [-0.2, 0) is 12.0 Å². The predicted octanol–water partition coefficient (Wildman–Crippen LogP) is 2.76. The van der Waals surface area contributed by atoms with E-state index in [1.807, 2.05) is 0 Å². The minimum Gasteiger partial charge on any atom is -0.369 e. The van der Waals surface area contributed by atoms with Crippen molar-refractivity contribution in [1.29, 1.82) is 0 Å². The van der Waals surface area contributed by atoms with Crippen LogP contribution in [0.25, 0.3) is 0 Å². The van der Waals surface area contributed by atoms with Gasteiger partial charge in [-0.2, -0.15) is 0 Å². The average molecular weight is 242 g/mol. The molecule has 1 aliphatic carbocycles. The highest BCUT2D eigenvalue weighted by atomic mass is 15.2. The maximum Gasteiger partial charge on any atom is 0.0454 e. The Morgan fingerprint density at radius 1 is 1.28 bits per heavy atom. The summed E-state index contributed by atoms with van der Waals surface area (Å²) in [4.78, 5) is 2.62. The van der Waals surface area contributed by atoms with Gasteiger partial charge in [0.1, 0.15) is 0 Å². The van der Waals surface area contributed by atoms with E-state index < -0.39 is 0 Å². The zero-order valence-electron chi connectivity index (χ0n) is 11.4. The van der Waals surface area contributed by atoms with Crippen molar-refractivity contribution in [3.8, 4) is 0 Å². The van der Waals surface area contributed by atoms with Gasteiger partial charge in [0.15, 0.2) is 0 Å². The molecule has 1 fully saturated rings. The van der Waals surface area contributed by atoms with Crippen LogP contribution in [0.5, 0.6) is 0 Å². The monoisotopic (exact) mass is 242 g/mol. The molecular formula is C16H22N2. The highest BCUT2D eigenvalue weighted by Crippen LogP contribution is 2.51. The summed E-state index contributed by atoms with van der Waals surface area (Å²) in [6.07, 6.45) is 2.81. The van der Waals surface area contributed by atoms with Gasteiger partial charge in [0, 0.05) is 37.3 Å². The van der Waals surface area contributed by atoms with Crippen molar-refractivity contribution >= 4 is 5.69 Å². The van der Waals surface area contributed by atoms with E-state index in [0.29, 0.717) is 5.41 Å². The van der Waals surface area contributed by atoms with Crippen LogP contribution < -0.4 is 10.2 Å². The number of rotatable bonds is 1. The van der Waals surface area contributed by atoms with E-state index in [1.165, 1.54) is 24.9 Å². The zero-order valence-corrected chi connectivity index (χ0v) is 11.4. The third-order valence-corrected chi connectivity index (χ3v) is 4.76. The van der Waals surface area contributed by atoms with Crippen molar-refractivity contribution in [3.63, 3.8) is 0 Å². The van der Waals surface area contributed by atoms with Crippen molar-refractivity contribution < 1.29 is 0 Å². The van der Waals surface area contributed by atoms with Crippen LogP contribution in [0.4, 0.5) is 5.69 Å². The Bertz CT molecular complexity index is 500. The summed E-state index contributed by atoms with van der Waals surface area (Å²) >= 11 is 0. The number of nitrogens with zero attached hydrogens (tertiary/aromatic N) is 1. The molecule has 1 aromatic rings. The first-order valence-corrected chi connectivity index (χ1v) is 7.29. The van der Waals surface area contributed by atoms with Crippen LogP contribution in [-0.4, -0.2) is 19.6 Å². The van der Waals surface area contributed by atoms with Gasteiger partial charge < -0.3 is 10.2 Å². The second kappa shape index (κ2) is 3.51. The number of benzene rings is 1. The summed E-state index contributed by atoms with van der Waals surface area (Å²) in [6.45, 7) is 9.37. The molecule has 2 heteroatoms. The van der Waals surface area contributed by atoms with Crippen molar-refractivity contribution in [3.05, 3.63) is 28.8 Å². The van der Waals surface area contributed by atoms with Gasteiger partial charge in [-0.15, -0.1) is 0 Å². The van der Waals surface area contributed by atoms with Gasteiger partial charge in [-0.1, -0.05) is 26.0 Å². The molecule has 0 bridgehead atoms. The molecular weight excluding hydrogens is 220 g/mol. The van der Waals surface area contributed by atoms with E-state index in [9.17, 15) is 0 Å². The zero-order chi connectivity index (χ0) is 12.3. The minimum atomic E-state index is 0.334. The summed E-state index contributed by atoms with van der Waals surface area (Å²) in [7, 11) is 0. The Morgan fingerprint density at radius 2 is 2.11 bits per heavy atom. The van der Waals surface area contributed by atoms with Gasteiger partial charge in [-0.25, -0.2) is 0 Å². The first-order valence-electron chi connectivity index (χ1n) is 7.29. The number of anilines is 1. The van der Waals surface area contributed by atoms with Crippen LogP contribution in [0.1, 0.15) is 49.3 Å². The molecule has 3 aliphatic rings. The largest absolute Gasteiger partial charge is 0.369 e. The smallest absolute Gasteiger partial charge is 0.0454 e. The molecule has 0 spiro atoms. The minimum absolute atomic E-state index is 0.334. The van der Waals surface area contributed by atoms with Crippen LogP contribution in [0.2, 0.25) is 0 Å². The predicted molar refractivity (Wildman–Crippen MR) is 75.4 cm³/mol. The lowest BCUT2D eigenvalue weighted by atomic mass is 9.81. The fraction of sp³-hybridized carbons (Fsp3) is 0.625. The maximum atomic E-state index is 3.54. The second-order valence-corrected chi connectivity index (χ2v) is 6.79. The molecule has 96 valence electrons. The first kappa shape index (κ1) is 10.9. The van der Waals surface area contributed by atoms with Crippen molar-refractivity contribution in [1.82, 2.24) is 5.32 Å². The molecule has 1 aromatic carbocycles. The van der Waals surface area contributed by atoms with Crippen molar-refractivity contribution in [2.24, 2.45) is 0 Å². The summed E-state index contributed by atoms with van der Waals surface area (Å²) in [6, 6.07) is 4.79. The van der Waals surface area contributed by atoms with Crippen LogP contribution in [0.3, 0.4) is 0 Å². The van der Waals surface area contributed by atoms with Crippen molar-refractivity contribution in [2.45, 2.75) is 44.6 Å². The quantitative estimate of drug-likeness (QED) is 0.814. The fourth-order valence-electron chi connectivity index (χ4n) is 3.86. The lowest BCUT2D eigenvalue weighted by Crippen LogP contribution is -2.32. The highest BCUT2D eigenvalue weighted by Gasteiger charge is 2.41. The molecule has 0 unspecified atom stereocenters. The molecule has 1 N–H and O–H groups in total. The standard InChI is InChI=1S/C16H22N2/c1-16(2)10-18-8-7-17-9-12-5-6-13(11-3-4-11)14(16)15(12)18/h5-6,11,17H,3-4,7-10H2,1-2H3. The average Bonchev–Trinajstić information content (AvgIpc) is 3.12. The van der Waals surface area contributed by atoms with Crippen LogP contribution >= 0.6 is 0 Å². The Balaban J connectivity index is 1.96. The molecule has 2 heterocycles. The fourth-order valence-corrected chi connectivity index (χ4v) is 3.86. The summed E-state index contributed by atoms with van der Waals surface area (Å²) < 4.78 is 0. The molecule has 0 radical (unpaired) electrons. The van der Waals surface area contributed by atoms with Gasteiger partial charge in [-0.05, 0) is 35.4 Å². The third-order valence-electron chi connectivity index (χ3n) is 4.76. The van der Waals surface area contributed by atoms with E-state index in [0.717, 1.165) is 25.6 Å².